The second-order valence-corrected chi connectivity index (χ2v) is 5.36. The number of aromatic nitrogens is 1. The topological polar surface area (TPSA) is 91.5 Å². The van der Waals surface area contributed by atoms with Gasteiger partial charge in [0, 0.05) is 13.1 Å². The van der Waals surface area contributed by atoms with E-state index in [-0.39, 0.29) is 11.5 Å². The number of rotatable bonds is 6. The van der Waals surface area contributed by atoms with Crippen LogP contribution in [0.2, 0.25) is 0 Å². The molecule has 0 aliphatic rings. The van der Waals surface area contributed by atoms with Gasteiger partial charge in [-0.1, -0.05) is 0 Å². The summed E-state index contributed by atoms with van der Waals surface area (Å²) in [4.78, 5) is 15.7. The fraction of sp³-hybridized carbons (Fsp3) is 0.667. The molecular weight excluding hydrogens is 244 g/mol. The SMILES string of the molecule is CN(C)CC(C)(O)CNc1ncc([N+](=O)[O-])s1. The van der Waals surface area contributed by atoms with Crippen LogP contribution in [-0.2, 0) is 0 Å². The van der Waals surface area contributed by atoms with Gasteiger partial charge in [0.15, 0.2) is 5.13 Å². The summed E-state index contributed by atoms with van der Waals surface area (Å²) in [6.07, 6.45) is 1.20. The Morgan fingerprint density at radius 3 is 2.82 bits per heavy atom. The van der Waals surface area contributed by atoms with E-state index in [4.69, 9.17) is 0 Å². The maximum atomic E-state index is 10.5. The molecule has 17 heavy (non-hydrogen) atoms. The number of hydrogen-bond acceptors (Lipinski definition) is 7. The van der Waals surface area contributed by atoms with Crippen LogP contribution in [0.1, 0.15) is 6.92 Å². The zero-order chi connectivity index (χ0) is 13.1. The van der Waals surface area contributed by atoms with Crippen molar-refractivity contribution in [1.82, 2.24) is 9.88 Å². The van der Waals surface area contributed by atoms with Crippen molar-refractivity contribution in [3.05, 3.63) is 16.3 Å². The van der Waals surface area contributed by atoms with Crippen molar-refractivity contribution in [2.75, 3.05) is 32.5 Å². The van der Waals surface area contributed by atoms with E-state index >= 15 is 0 Å². The predicted molar refractivity (Wildman–Crippen MR) is 66.4 cm³/mol. The number of nitrogens with zero attached hydrogens (tertiary/aromatic N) is 3. The third-order valence-electron chi connectivity index (χ3n) is 1.95. The van der Waals surface area contributed by atoms with Crippen LogP contribution >= 0.6 is 11.3 Å². The number of thiazole rings is 1. The van der Waals surface area contributed by atoms with Gasteiger partial charge in [0.2, 0.25) is 0 Å². The molecule has 0 aliphatic heterocycles. The number of hydrogen-bond donors (Lipinski definition) is 2. The van der Waals surface area contributed by atoms with E-state index in [1.54, 1.807) is 6.92 Å². The summed E-state index contributed by atoms with van der Waals surface area (Å²) < 4.78 is 0. The van der Waals surface area contributed by atoms with Gasteiger partial charge in [0.25, 0.3) is 0 Å². The Hall–Kier alpha value is -1.25. The van der Waals surface area contributed by atoms with Gasteiger partial charge in [-0.05, 0) is 32.4 Å². The first kappa shape index (κ1) is 13.8. The second-order valence-electron chi connectivity index (χ2n) is 4.35. The number of nitrogens with one attached hydrogen (secondary N) is 1. The average Bonchev–Trinajstić information content (AvgIpc) is 2.61. The van der Waals surface area contributed by atoms with Gasteiger partial charge in [-0.3, -0.25) is 10.1 Å². The Balaban J connectivity index is 2.52. The van der Waals surface area contributed by atoms with Crippen LogP contribution in [0.3, 0.4) is 0 Å². The van der Waals surface area contributed by atoms with Gasteiger partial charge in [-0.25, -0.2) is 4.98 Å². The molecule has 0 aliphatic carbocycles. The standard InChI is InChI=1S/C9H16N4O3S/c1-9(14,6-12(2)3)5-11-8-10-4-7(17-8)13(15)16/h4,14H,5-6H2,1-3H3,(H,10,11). The Morgan fingerprint density at radius 2 is 2.35 bits per heavy atom. The molecule has 8 heteroatoms. The molecule has 0 radical (unpaired) electrons. The van der Waals surface area contributed by atoms with Crippen molar-refractivity contribution in [3.8, 4) is 0 Å². The molecule has 0 spiro atoms. The molecule has 2 N–H and O–H groups in total. The molecule has 1 aromatic heterocycles. The highest BCUT2D eigenvalue weighted by molar-refractivity contribution is 7.18. The molecule has 1 rings (SSSR count). The first-order valence-electron chi connectivity index (χ1n) is 5.01. The van der Waals surface area contributed by atoms with E-state index in [1.807, 2.05) is 19.0 Å². The summed E-state index contributed by atoms with van der Waals surface area (Å²) in [5, 5.41) is 23.8. The normalized spacial score (nSPS) is 14.6. The lowest BCUT2D eigenvalue weighted by atomic mass is 10.1. The smallest absolute Gasteiger partial charge is 0.345 e. The van der Waals surface area contributed by atoms with E-state index in [0.717, 1.165) is 11.3 Å². The van der Waals surface area contributed by atoms with Crippen molar-refractivity contribution < 1.29 is 10.0 Å². The zero-order valence-electron chi connectivity index (χ0n) is 10.0. The minimum Gasteiger partial charge on any atom is -0.387 e. The molecule has 96 valence electrons. The first-order valence-corrected chi connectivity index (χ1v) is 5.83. The van der Waals surface area contributed by atoms with E-state index < -0.39 is 10.5 Å². The predicted octanol–water partition coefficient (Wildman–Crippen LogP) is 0.776. The number of aliphatic hydroxyl groups is 1. The van der Waals surface area contributed by atoms with Crippen molar-refractivity contribution in [3.63, 3.8) is 0 Å². The van der Waals surface area contributed by atoms with Crippen LogP contribution in [0.5, 0.6) is 0 Å². The van der Waals surface area contributed by atoms with E-state index in [1.165, 1.54) is 6.20 Å². The molecule has 1 heterocycles. The number of nitro groups is 1. The van der Waals surface area contributed by atoms with E-state index in [0.29, 0.717) is 11.7 Å². The summed E-state index contributed by atoms with van der Waals surface area (Å²) in [6.45, 7) is 2.48. The molecule has 0 aromatic carbocycles. The van der Waals surface area contributed by atoms with Crippen LogP contribution in [-0.4, -0.2) is 52.7 Å². The van der Waals surface area contributed by atoms with Crippen molar-refractivity contribution in [2.24, 2.45) is 0 Å². The molecule has 0 saturated carbocycles. The quantitative estimate of drug-likeness (QED) is 0.580. The Morgan fingerprint density at radius 1 is 1.71 bits per heavy atom. The summed E-state index contributed by atoms with van der Waals surface area (Å²) in [5.41, 5.74) is -0.913. The molecule has 1 atom stereocenters. The maximum absolute atomic E-state index is 10.5. The average molecular weight is 260 g/mol. The summed E-state index contributed by atoms with van der Waals surface area (Å²) in [6, 6.07) is 0. The highest BCUT2D eigenvalue weighted by Crippen LogP contribution is 2.25. The van der Waals surface area contributed by atoms with Crippen LogP contribution in [0.25, 0.3) is 0 Å². The van der Waals surface area contributed by atoms with E-state index in [2.05, 4.69) is 10.3 Å². The molecule has 0 amide bonds. The van der Waals surface area contributed by atoms with E-state index in [9.17, 15) is 15.2 Å². The first-order chi connectivity index (χ1) is 7.80. The van der Waals surface area contributed by atoms with Crippen LogP contribution < -0.4 is 5.32 Å². The fourth-order valence-electron chi connectivity index (χ4n) is 1.43. The highest BCUT2D eigenvalue weighted by atomic mass is 32.1. The van der Waals surface area contributed by atoms with Crippen molar-refractivity contribution in [1.29, 1.82) is 0 Å². The van der Waals surface area contributed by atoms with Gasteiger partial charge in [0.05, 0.1) is 10.5 Å². The molecule has 7 nitrogen and oxygen atoms in total. The van der Waals surface area contributed by atoms with Gasteiger partial charge in [-0.2, -0.15) is 0 Å². The summed E-state index contributed by atoms with van der Waals surface area (Å²) >= 11 is 0.955. The summed E-state index contributed by atoms with van der Waals surface area (Å²) in [7, 11) is 3.73. The Labute approximate surface area is 103 Å². The molecule has 0 fully saturated rings. The minimum absolute atomic E-state index is 0.0141. The number of anilines is 1. The molecule has 1 aromatic rings. The van der Waals surface area contributed by atoms with Crippen molar-refractivity contribution >= 4 is 21.5 Å². The molecule has 1 unspecified atom stereocenters. The fourth-order valence-corrected chi connectivity index (χ4v) is 2.06. The monoisotopic (exact) mass is 260 g/mol. The van der Waals surface area contributed by atoms with Gasteiger partial charge < -0.3 is 15.3 Å². The molecular formula is C9H16N4O3S. The number of likely N-dealkylation sites (N-methyl/N-ethyl adjacent to an activating group) is 1. The van der Waals surface area contributed by atoms with Gasteiger partial charge in [-0.15, -0.1) is 0 Å². The Kier molecular flexibility index (Phi) is 4.38. The maximum Gasteiger partial charge on any atom is 0.345 e. The lowest BCUT2D eigenvalue weighted by molar-refractivity contribution is -0.380. The second kappa shape index (κ2) is 5.39. The Bertz CT molecular complexity index is 391. The van der Waals surface area contributed by atoms with Crippen LogP contribution in [0.15, 0.2) is 6.20 Å². The molecule has 0 saturated heterocycles. The third-order valence-corrected chi connectivity index (χ3v) is 2.86. The van der Waals surface area contributed by atoms with Crippen LogP contribution in [0, 0.1) is 10.1 Å². The van der Waals surface area contributed by atoms with Gasteiger partial charge >= 0.3 is 5.00 Å². The van der Waals surface area contributed by atoms with Gasteiger partial charge in [0.1, 0.15) is 6.20 Å². The third kappa shape index (κ3) is 4.63. The highest BCUT2D eigenvalue weighted by Gasteiger charge is 2.22. The van der Waals surface area contributed by atoms with Crippen molar-refractivity contribution in [2.45, 2.75) is 12.5 Å². The largest absolute Gasteiger partial charge is 0.387 e. The minimum atomic E-state index is -0.913. The molecule has 0 bridgehead atoms. The van der Waals surface area contributed by atoms with Crippen LogP contribution in [0.4, 0.5) is 10.1 Å². The lowest BCUT2D eigenvalue weighted by Crippen LogP contribution is -2.43. The zero-order valence-corrected chi connectivity index (χ0v) is 10.8. The summed E-state index contributed by atoms with van der Waals surface area (Å²) in [5.74, 6) is 0. The lowest BCUT2D eigenvalue weighted by Gasteiger charge is -2.26.